The first kappa shape index (κ1) is 13.9. The number of carbonyl (C=O) groups is 1. The zero-order chi connectivity index (χ0) is 15.0. The van der Waals surface area contributed by atoms with E-state index < -0.39 is 0 Å². The Bertz CT molecular complexity index is 845. The Morgan fingerprint density at radius 2 is 2.10 bits per heavy atom. The second-order valence-electron chi connectivity index (χ2n) is 4.61. The van der Waals surface area contributed by atoms with Crippen LogP contribution in [-0.2, 0) is 0 Å². The fraction of sp³-hybridized carbons (Fsp3) is 0.0667. The maximum atomic E-state index is 12.1. The normalized spacial score (nSPS) is 10.8. The van der Waals surface area contributed by atoms with Crippen molar-refractivity contribution < 1.29 is 9.90 Å². The summed E-state index contributed by atoms with van der Waals surface area (Å²) in [7, 11) is 0. The molecule has 2 aromatic carbocycles. The van der Waals surface area contributed by atoms with E-state index in [4.69, 9.17) is 11.6 Å². The maximum Gasteiger partial charge on any atom is 0.257 e. The average molecular weight is 319 g/mol. The van der Waals surface area contributed by atoms with E-state index >= 15 is 0 Å². The van der Waals surface area contributed by atoms with Gasteiger partial charge >= 0.3 is 0 Å². The van der Waals surface area contributed by atoms with Crippen LogP contribution >= 0.6 is 22.9 Å². The van der Waals surface area contributed by atoms with Crippen LogP contribution in [0.4, 0.5) is 5.13 Å². The van der Waals surface area contributed by atoms with Crippen molar-refractivity contribution in [2.75, 3.05) is 5.32 Å². The molecule has 0 bridgehead atoms. The van der Waals surface area contributed by atoms with Gasteiger partial charge in [-0.15, -0.1) is 0 Å². The van der Waals surface area contributed by atoms with Gasteiger partial charge in [0.1, 0.15) is 5.75 Å². The summed E-state index contributed by atoms with van der Waals surface area (Å²) in [5, 5.41) is 12.8. The van der Waals surface area contributed by atoms with Crippen molar-refractivity contribution in [1.82, 2.24) is 4.98 Å². The van der Waals surface area contributed by atoms with E-state index in [0.717, 1.165) is 15.8 Å². The molecule has 2 N–H and O–H groups in total. The number of anilines is 1. The Balaban J connectivity index is 1.87. The zero-order valence-electron chi connectivity index (χ0n) is 11.1. The number of nitrogens with one attached hydrogen (secondary N) is 1. The van der Waals surface area contributed by atoms with Gasteiger partial charge in [0, 0.05) is 5.56 Å². The molecule has 3 rings (SSSR count). The number of fused-ring (bicyclic) bond motifs is 1. The van der Waals surface area contributed by atoms with Gasteiger partial charge in [0.2, 0.25) is 0 Å². The van der Waals surface area contributed by atoms with Crippen LogP contribution in [0.3, 0.4) is 0 Å². The predicted molar refractivity (Wildman–Crippen MR) is 85.4 cm³/mol. The van der Waals surface area contributed by atoms with Crippen molar-refractivity contribution in [2.24, 2.45) is 0 Å². The molecule has 1 amide bonds. The van der Waals surface area contributed by atoms with Gasteiger partial charge in [-0.2, -0.15) is 0 Å². The van der Waals surface area contributed by atoms with Crippen LogP contribution < -0.4 is 5.32 Å². The number of phenols is 1. The predicted octanol–water partition coefficient (Wildman–Crippen LogP) is 4.22. The lowest BCUT2D eigenvalue weighted by molar-refractivity contribution is 0.102. The van der Waals surface area contributed by atoms with Crippen LogP contribution in [0, 0.1) is 6.92 Å². The third kappa shape index (κ3) is 2.84. The highest BCUT2D eigenvalue weighted by Gasteiger charge is 2.11. The number of rotatable bonds is 2. The third-order valence-corrected chi connectivity index (χ3v) is 4.21. The highest BCUT2D eigenvalue weighted by atomic mass is 35.5. The van der Waals surface area contributed by atoms with Crippen LogP contribution in [0.25, 0.3) is 10.2 Å². The number of nitrogens with zero attached hydrogens (tertiary/aromatic N) is 1. The number of halogens is 1. The van der Waals surface area contributed by atoms with E-state index in [1.165, 1.54) is 29.5 Å². The van der Waals surface area contributed by atoms with Crippen molar-refractivity contribution >= 4 is 44.2 Å². The van der Waals surface area contributed by atoms with E-state index in [1.807, 2.05) is 25.1 Å². The lowest BCUT2D eigenvalue weighted by Gasteiger charge is -2.03. The monoisotopic (exact) mass is 318 g/mol. The van der Waals surface area contributed by atoms with Gasteiger partial charge in [0.05, 0.1) is 15.2 Å². The Labute approximate surface area is 130 Å². The first-order valence-corrected chi connectivity index (χ1v) is 7.39. The lowest BCUT2D eigenvalue weighted by atomic mass is 10.2. The summed E-state index contributed by atoms with van der Waals surface area (Å²) in [4.78, 5) is 16.5. The van der Waals surface area contributed by atoms with Crippen molar-refractivity contribution in [2.45, 2.75) is 6.92 Å². The van der Waals surface area contributed by atoms with Crippen molar-refractivity contribution in [3.8, 4) is 5.75 Å². The van der Waals surface area contributed by atoms with Crippen LogP contribution in [-0.4, -0.2) is 16.0 Å². The molecule has 0 aliphatic rings. The third-order valence-electron chi connectivity index (χ3n) is 2.97. The molecule has 0 fully saturated rings. The SMILES string of the molecule is Cc1ccc2nc(NC(=O)c3ccc(O)c(Cl)c3)sc2c1. The van der Waals surface area contributed by atoms with Crippen LogP contribution in [0.1, 0.15) is 15.9 Å². The molecule has 0 radical (unpaired) electrons. The second kappa shape index (κ2) is 5.35. The number of carbonyl (C=O) groups excluding carboxylic acids is 1. The minimum atomic E-state index is -0.312. The quantitative estimate of drug-likeness (QED) is 0.743. The van der Waals surface area contributed by atoms with Crippen molar-refractivity contribution in [3.05, 3.63) is 52.5 Å². The van der Waals surface area contributed by atoms with E-state index in [1.54, 1.807) is 0 Å². The molecular formula is C15H11ClN2O2S. The summed E-state index contributed by atoms with van der Waals surface area (Å²) in [6.07, 6.45) is 0. The molecule has 0 aliphatic heterocycles. The van der Waals surface area contributed by atoms with Crippen LogP contribution in [0.15, 0.2) is 36.4 Å². The molecule has 0 saturated carbocycles. The van der Waals surface area contributed by atoms with Crippen molar-refractivity contribution in [3.63, 3.8) is 0 Å². The van der Waals surface area contributed by atoms with Gasteiger partial charge in [0.25, 0.3) is 5.91 Å². The molecular weight excluding hydrogens is 308 g/mol. The Morgan fingerprint density at radius 1 is 1.29 bits per heavy atom. The number of hydrogen-bond donors (Lipinski definition) is 2. The van der Waals surface area contributed by atoms with Crippen molar-refractivity contribution in [1.29, 1.82) is 0 Å². The first-order valence-electron chi connectivity index (χ1n) is 6.20. The number of benzene rings is 2. The summed E-state index contributed by atoms with van der Waals surface area (Å²) >= 11 is 7.22. The molecule has 6 heteroatoms. The lowest BCUT2D eigenvalue weighted by Crippen LogP contribution is -2.11. The zero-order valence-corrected chi connectivity index (χ0v) is 12.6. The van der Waals surface area contributed by atoms with Crippen LogP contribution in [0.5, 0.6) is 5.75 Å². The number of amides is 1. The second-order valence-corrected chi connectivity index (χ2v) is 6.05. The Hall–Kier alpha value is -2.11. The van der Waals surface area contributed by atoms with Gasteiger partial charge in [-0.25, -0.2) is 4.98 Å². The fourth-order valence-corrected chi connectivity index (χ4v) is 3.04. The van der Waals surface area contributed by atoms with E-state index in [2.05, 4.69) is 10.3 Å². The highest BCUT2D eigenvalue weighted by Crippen LogP contribution is 2.28. The van der Waals surface area contributed by atoms with E-state index in [9.17, 15) is 9.90 Å². The molecule has 0 atom stereocenters. The topological polar surface area (TPSA) is 62.2 Å². The van der Waals surface area contributed by atoms with Crippen LogP contribution in [0.2, 0.25) is 5.02 Å². The molecule has 4 nitrogen and oxygen atoms in total. The van der Waals surface area contributed by atoms with Gasteiger partial charge < -0.3 is 5.11 Å². The summed E-state index contributed by atoms with van der Waals surface area (Å²) in [6, 6.07) is 10.2. The highest BCUT2D eigenvalue weighted by molar-refractivity contribution is 7.22. The molecule has 0 unspecified atom stereocenters. The molecule has 21 heavy (non-hydrogen) atoms. The van der Waals surface area contributed by atoms with E-state index in [-0.39, 0.29) is 16.7 Å². The van der Waals surface area contributed by atoms with Gasteiger partial charge in [-0.05, 0) is 42.8 Å². The molecule has 1 heterocycles. The summed E-state index contributed by atoms with van der Waals surface area (Å²) < 4.78 is 1.02. The molecule has 0 spiro atoms. The summed E-state index contributed by atoms with van der Waals surface area (Å²) in [5.41, 5.74) is 2.37. The molecule has 0 saturated heterocycles. The minimum Gasteiger partial charge on any atom is -0.506 e. The largest absolute Gasteiger partial charge is 0.506 e. The smallest absolute Gasteiger partial charge is 0.257 e. The molecule has 0 aliphatic carbocycles. The number of thiazole rings is 1. The average Bonchev–Trinajstić information content (AvgIpc) is 2.83. The number of hydrogen-bond acceptors (Lipinski definition) is 4. The molecule has 3 aromatic rings. The number of phenolic OH excluding ortho intramolecular Hbond substituents is 1. The van der Waals surface area contributed by atoms with Gasteiger partial charge in [-0.3, -0.25) is 10.1 Å². The standard InChI is InChI=1S/C15H11ClN2O2S/c1-8-2-4-11-13(6-8)21-15(17-11)18-14(20)9-3-5-12(19)10(16)7-9/h2-7,19H,1H3,(H,17,18,20). The summed E-state index contributed by atoms with van der Waals surface area (Å²) in [6.45, 7) is 2.01. The van der Waals surface area contributed by atoms with Gasteiger partial charge in [0.15, 0.2) is 5.13 Å². The number of aryl methyl sites for hydroxylation is 1. The molecule has 1 aromatic heterocycles. The van der Waals surface area contributed by atoms with Gasteiger partial charge in [-0.1, -0.05) is 29.0 Å². The Kier molecular flexibility index (Phi) is 3.53. The molecule has 106 valence electrons. The fourth-order valence-electron chi connectivity index (χ4n) is 1.90. The summed E-state index contributed by atoms with van der Waals surface area (Å²) in [5.74, 6) is -0.364. The number of aromatic nitrogens is 1. The Morgan fingerprint density at radius 3 is 2.86 bits per heavy atom. The maximum absolute atomic E-state index is 12.1. The number of aromatic hydroxyl groups is 1. The van der Waals surface area contributed by atoms with E-state index in [0.29, 0.717) is 10.7 Å². The minimum absolute atomic E-state index is 0.0521. The first-order chi connectivity index (χ1) is 10.0.